The van der Waals surface area contributed by atoms with Crippen LogP contribution in [-0.2, 0) is 13.1 Å². The molecule has 0 aliphatic heterocycles. The van der Waals surface area contributed by atoms with E-state index in [-0.39, 0.29) is 48.0 Å². The standard InChI is InChI=1S/C42H56N4.2HI/c1-35-33-45(31-27-39(35)21-15-37-17-23-41(24-18-37)43(3)4)29-13-11-9-7-8-10-12-14-30-46-32-28-40(36(2)34-46)22-16-38-19-25-42(26-20-38)44(5)6;;/h15-28,31-34H,7-14,29-30H2,1-6H3;2*1H/q+2;;/p-1. The highest BCUT2D eigenvalue weighted by atomic mass is 127. The number of rotatable bonds is 17. The number of aryl methyl sites for hydroxylation is 4. The zero-order valence-corrected chi connectivity index (χ0v) is 34.5. The summed E-state index contributed by atoms with van der Waals surface area (Å²) in [5, 5.41) is 0. The highest BCUT2D eigenvalue weighted by Crippen LogP contribution is 2.17. The average Bonchev–Trinajstić information content (AvgIpc) is 3.05. The van der Waals surface area contributed by atoms with Gasteiger partial charge in [-0.1, -0.05) is 74.3 Å². The molecule has 48 heavy (non-hydrogen) atoms. The van der Waals surface area contributed by atoms with Crippen LogP contribution in [0.3, 0.4) is 0 Å². The molecule has 258 valence electrons. The van der Waals surface area contributed by atoms with Gasteiger partial charge in [-0.3, -0.25) is 0 Å². The molecule has 0 bridgehead atoms. The summed E-state index contributed by atoms with van der Waals surface area (Å²) in [5.74, 6) is 0. The van der Waals surface area contributed by atoms with Crippen LogP contribution in [0.4, 0.5) is 11.4 Å². The van der Waals surface area contributed by atoms with Crippen molar-refractivity contribution < 1.29 is 33.1 Å². The van der Waals surface area contributed by atoms with Crippen LogP contribution >= 0.6 is 24.0 Å². The number of aromatic nitrogens is 2. The molecule has 4 rings (SSSR count). The molecular formula is C42H57I2N4+. The molecule has 2 aromatic heterocycles. The van der Waals surface area contributed by atoms with Gasteiger partial charge in [0.05, 0.1) is 0 Å². The molecule has 0 N–H and O–H groups in total. The Bertz CT molecular complexity index is 1440. The van der Waals surface area contributed by atoms with E-state index in [9.17, 15) is 0 Å². The van der Waals surface area contributed by atoms with Crippen molar-refractivity contribution in [2.24, 2.45) is 0 Å². The molecule has 0 unspecified atom stereocenters. The number of anilines is 2. The first-order chi connectivity index (χ1) is 22.3. The minimum absolute atomic E-state index is 0. The fraction of sp³-hybridized carbons (Fsp3) is 0.381. The van der Waals surface area contributed by atoms with E-state index < -0.39 is 0 Å². The fourth-order valence-corrected chi connectivity index (χ4v) is 5.79. The zero-order valence-electron chi connectivity index (χ0n) is 30.0. The summed E-state index contributed by atoms with van der Waals surface area (Å²) in [6.45, 7) is 6.63. The van der Waals surface area contributed by atoms with E-state index in [1.165, 1.54) is 96.1 Å². The molecule has 2 heterocycles. The molecule has 0 atom stereocenters. The number of unbranched alkanes of at least 4 members (excludes halogenated alkanes) is 7. The van der Waals surface area contributed by atoms with Gasteiger partial charge in [-0.2, -0.15) is 0 Å². The van der Waals surface area contributed by atoms with Crippen LogP contribution in [0.5, 0.6) is 0 Å². The van der Waals surface area contributed by atoms with Crippen molar-refractivity contribution >= 4 is 59.7 Å². The number of benzene rings is 2. The van der Waals surface area contributed by atoms with Crippen LogP contribution in [-0.4, -0.2) is 28.2 Å². The van der Waals surface area contributed by atoms with Gasteiger partial charge in [0.2, 0.25) is 0 Å². The molecule has 4 aromatic rings. The van der Waals surface area contributed by atoms with E-state index >= 15 is 0 Å². The predicted molar refractivity (Wildman–Crippen MR) is 214 cm³/mol. The van der Waals surface area contributed by atoms with E-state index in [4.69, 9.17) is 0 Å². The summed E-state index contributed by atoms with van der Waals surface area (Å²) in [7, 11) is 8.29. The third-order valence-electron chi connectivity index (χ3n) is 8.83. The summed E-state index contributed by atoms with van der Waals surface area (Å²) < 4.78 is 4.70. The smallest absolute Gasteiger partial charge is 0.172 e. The highest BCUT2D eigenvalue weighted by Gasteiger charge is 2.06. The van der Waals surface area contributed by atoms with Gasteiger partial charge < -0.3 is 33.8 Å². The third kappa shape index (κ3) is 14.0. The lowest BCUT2D eigenvalue weighted by Gasteiger charge is -2.11. The lowest BCUT2D eigenvalue weighted by molar-refractivity contribution is -0.697. The topological polar surface area (TPSA) is 14.2 Å². The Morgan fingerprint density at radius 3 is 1.12 bits per heavy atom. The average molecular weight is 872 g/mol. The Balaban J connectivity index is 0.00000400. The van der Waals surface area contributed by atoms with Crippen molar-refractivity contribution in [2.45, 2.75) is 78.3 Å². The number of hydrogen-bond acceptors (Lipinski definition) is 2. The molecule has 0 aliphatic carbocycles. The summed E-state index contributed by atoms with van der Waals surface area (Å²) in [4.78, 5) is 4.26. The van der Waals surface area contributed by atoms with Gasteiger partial charge in [0.25, 0.3) is 0 Å². The first-order valence-corrected chi connectivity index (χ1v) is 17.2. The van der Waals surface area contributed by atoms with Crippen molar-refractivity contribution in [3.8, 4) is 0 Å². The van der Waals surface area contributed by atoms with E-state index in [1.54, 1.807) is 0 Å². The van der Waals surface area contributed by atoms with E-state index in [1.807, 2.05) is 0 Å². The molecule has 6 heteroatoms. The molecule has 0 aliphatic rings. The molecule has 0 amide bonds. The van der Waals surface area contributed by atoms with Gasteiger partial charge in [-0.05, 0) is 73.2 Å². The lowest BCUT2D eigenvalue weighted by Crippen LogP contribution is -3.00. The number of nitrogens with zero attached hydrogens (tertiary/aromatic N) is 4. The first-order valence-electron chi connectivity index (χ1n) is 17.2. The summed E-state index contributed by atoms with van der Waals surface area (Å²) in [6, 6.07) is 21.9. The maximum absolute atomic E-state index is 2.35. The fourth-order valence-electron chi connectivity index (χ4n) is 5.79. The molecule has 4 nitrogen and oxygen atoms in total. The molecule has 2 aromatic carbocycles. The maximum Gasteiger partial charge on any atom is 0.172 e. The Labute approximate surface area is 325 Å². The molecule has 0 saturated heterocycles. The van der Waals surface area contributed by atoms with Crippen LogP contribution in [0, 0.1) is 13.8 Å². The van der Waals surface area contributed by atoms with Crippen molar-refractivity contribution in [2.75, 3.05) is 38.0 Å². The first kappa shape index (κ1) is 41.5. The molecular weight excluding hydrogens is 814 g/mol. The second-order valence-corrected chi connectivity index (χ2v) is 13.1. The van der Waals surface area contributed by atoms with Gasteiger partial charge in [0, 0.05) is 75.7 Å². The highest BCUT2D eigenvalue weighted by molar-refractivity contribution is 14.0. The minimum Gasteiger partial charge on any atom is -1.00 e. The molecule has 0 fully saturated rings. The van der Waals surface area contributed by atoms with Crippen LogP contribution in [0.1, 0.15) is 84.7 Å². The van der Waals surface area contributed by atoms with Crippen LogP contribution in [0.2, 0.25) is 0 Å². The number of pyridine rings is 2. The van der Waals surface area contributed by atoms with Crippen LogP contribution in [0.15, 0.2) is 85.5 Å². The monoisotopic (exact) mass is 871 g/mol. The second kappa shape index (κ2) is 22.1. The van der Waals surface area contributed by atoms with E-state index in [0.717, 1.165) is 13.1 Å². The van der Waals surface area contributed by atoms with E-state index in [2.05, 4.69) is 171 Å². The number of hydrogen-bond donors (Lipinski definition) is 0. The van der Waals surface area contributed by atoms with Gasteiger partial charge in [-0.15, -0.1) is 24.0 Å². The summed E-state index contributed by atoms with van der Waals surface area (Å²) in [6.07, 6.45) is 28.4. The van der Waals surface area contributed by atoms with Gasteiger partial charge in [0.15, 0.2) is 24.8 Å². The second-order valence-electron chi connectivity index (χ2n) is 13.1. The molecule has 0 spiro atoms. The van der Waals surface area contributed by atoms with Crippen LogP contribution in [0.25, 0.3) is 24.3 Å². The zero-order chi connectivity index (χ0) is 32.7. The van der Waals surface area contributed by atoms with Crippen molar-refractivity contribution in [1.29, 1.82) is 0 Å². The largest absolute Gasteiger partial charge is 1.00 e. The SMILES string of the molecule is Cc1c[n+](CCCCCCCCCC[n+]2ccc(/C=C/c3ccc(N(C)C)cc3)c(C)c2)ccc1/C=C/c1ccc(N(C)C)cc1.I.[I-]. The Morgan fingerprint density at radius 1 is 0.479 bits per heavy atom. The predicted octanol–water partition coefficient (Wildman–Crippen LogP) is 6.79. The Hall–Kier alpha value is -2.72. The maximum atomic E-state index is 2.35. The van der Waals surface area contributed by atoms with Gasteiger partial charge >= 0.3 is 0 Å². The molecule has 0 saturated carbocycles. The third-order valence-corrected chi connectivity index (χ3v) is 8.83. The van der Waals surface area contributed by atoms with Gasteiger partial charge in [0.1, 0.15) is 13.1 Å². The van der Waals surface area contributed by atoms with Crippen molar-refractivity contribution in [3.05, 3.63) is 119 Å². The van der Waals surface area contributed by atoms with E-state index in [0.29, 0.717) is 0 Å². The normalized spacial score (nSPS) is 11.0. The van der Waals surface area contributed by atoms with Crippen LogP contribution < -0.4 is 42.9 Å². The Morgan fingerprint density at radius 2 is 0.812 bits per heavy atom. The lowest BCUT2D eigenvalue weighted by atomic mass is 10.1. The summed E-state index contributed by atoms with van der Waals surface area (Å²) >= 11 is 0. The quantitative estimate of drug-likeness (QED) is 0.0660. The minimum atomic E-state index is 0. The van der Waals surface area contributed by atoms with Crippen molar-refractivity contribution in [3.63, 3.8) is 0 Å². The Kier molecular flexibility index (Phi) is 19.1. The summed E-state index contributed by atoms with van der Waals surface area (Å²) in [5.41, 5.74) is 10.1. The molecule has 0 radical (unpaired) electrons. The van der Waals surface area contributed by atoms with Crippen molar-refractivity contribution in [1.82, 2.24) is 0 Å². The van der Waals surface area contributed by atoms with Gasteiger partial charge in [-0.25, -0.2) is 9.13 Å². The number of halogens is 2.